The van der Waals surface area contributed by atoms with Crippen molar-refractivity contribution in [2.75, 3.05) is 20.3 Å². The van der Waals surface area contributed by atoms with Crippen LogP contribution in [-0.4, -0.2) is 38.0 Å². The molecule has 0 bridgehead atoms. The smallest absolute Gasteiger partial charge is 0.336 e. The topological polar surface area (TPSA) is 90.9 Å². The molecule has 4 rings (SSSR count). The number of dihydropyridines is 1. The Hall–Kier alpha value is -3.39. The monoisotopic (exact) mass is 495 g/mol. The predicted octanol–water partition coefficient (Wildman–Crippen LogP) is 4.47. The number of esters is 2. The van der Waals surface area contributed by atoms with Gasteiger partial charge in [-0.25, -0.2) is 4.79 Å². The predicted molar refractivity (Wildman–Crippen MR) is 132 cm³/mol. The Balaban J connectivity index is 1.89. The summed E-state index contributed by atoms with van der Waals surface area (Å²) in [6.07, 6.45) is 0.389. The van der Waals surface area contributed by atoms with E-state index in [9.17, 15) is 14.4 Å². The van der Waals surface area contributed by atoms with E-state index in [-0.39, 0.29) is 19.0 Å². The molecule has 0 saturated heterocycles. The van der Waals surface area contributed by atoms with Gasteiger partial charge in [0.15, 0.2) is 5.78 Å². The first-order chi connectivity index (χ1) is 16.9. The molecule has 0 radical (unpaired) electrons. The van der Waals surface area contributed by atoms with Crippen molar-refractivity contribution in [1.82, 2.24) is 5.32 Å². The number of carbonyl (C=O) groups is 3. The molecule has 0 saturated carbocycles. The molecule has 2 aliphatic rings. The molecule has 7 nitrogen and oxygen atoms in total. The van der Waals surface area contributed by atoms with Gasteiger partial charge >= 0.3 is 11.9 Å². The molecule has 0 spiro atoms. The molecule has 1 aliphatic heterocycles. The molecule has 2 aromatic rings. The molecule has 1 aliphatic carbocycles. The molecule has 3 atom stereocenters. The number of methoxy groups -OCH3 is 1. The van der Waals surface area contributed by atoms with Crippen molar-refractivity contribution in [3.05, 3.63) is 74.8 Å². The van der Waals surface area contributed by atoms with Crippen LogP contribution < -0.4 is 10.1 Å². The van der Waals surface area contributed by atoms with Crippen molar-refractivity contribution >= 4 is 29.1 Å². The van der Waals surface area contributed by atoms with E-state index in [0.717, 1.165) is 10.4 Å². The third kappa shape index (κ3) is 4.50. The van der Waals surface area contributed by atoms with Crippen molar-refractivity contribution in [2.24, 2.45) is 5.92 Å². The van der Waals surface area contributed by atoms with Gasteiger partial charge < -0.3 is 19.5 Å². The minimum Gasteiger partial charge on any atom is -0.496 e. The van der Waals surface area contributed by atoms with Crippen molar-refractivity contribution in [3.63, 3.8) is 0 Å². The normalized spacial score (nSPS) is 21.8. The van der Waals surface area contributed by atoms with Gasteiger partial charge in [0.2, 0.25) is 0 Å². The highest BCUT2D eigenvalue weighted by Crippen LogP contribution is 2.50. The van der Waals surface area contributed by atoms with Gasteiger partial charge in [-0.1, -0.05) is 24.3 Å². The van der Waals surface area contributed by atoms with Crippen LogP contribution in [0.3, 0.4) is 0 Å². The highest BCUT2D eigenvalue weighted by Gasteiger charge is 2.49. The Morgan fingerprint density at radius 1 is 1.09 bits per heavy atom. The summed E-state index contributed by atoms with van der Waals surface area (Å²) in [5.74, 6) is -2.95. The van der Waals surface area contributed by atoms with Crippen molar-refractivity contribution in [2.45, 2.75) is 39.0 Å². The van der Waals surface area contributed by atoms with Crippen LogP contribution in [0.4, 0.5) is 0 Å². The molecule has 1 aromatic heterocycles. The summed E-state index contributed by atoms with van der Waals surface area (Å²) in [6.45, 7) is 5.66. The van der Waals surface area contributed by atoms with E-state index in [1.54, 1.807) is 21.0 Å². The van der Waals surface area contributed by atoms with E-state index in [0.29, 0.717) is 34.7 Å². The van der Waals surface area contributed by atoms with E-state index >= 15 is 0 Å². The van der Waals surface area contributed by atoms with Crippen LogP contribution in [0.25, 0.3) is 0 Å². The van der Waals surface area contributed by atoms with Crippen LogP contribution in [0.15, 0.2) is 64.3 Å². The van der Waals surface area contributed by atoms with Crippen molar-refractivity contribution < 1.29 is 28.6 Å². The van der Waals surface area contributed by atoms with Gasteiger partial charge in [0.05, 0.1) is 31.8 Å². The number of benzene rings is 1. The molecule has 35 heavy (non-hydrogen) atoms. The number of allylic oxidation sites excluding steroid dienone is 3. The van der Waals surface area contributed by atoms with Crippen LogP contribution in [-0.2, 0) is 23.9 Å². The summed E-state index contributed by atoms with van der Waals surface area (Å²) >= 11 is 1.46. The first kappa shape index (κ1) is 24.7. The molecule has 0 unspecified atom stereocenters. The van der Waals surface area contributed by atoms with Crippen LogP contribution in [0.2, 0.25) is 0 Å². The average molecular weight is 496 g/mol. The van der Waals surface area contributed by atoms with Gasteiger partial charge in [-0.3, -0.25) is 9.59 Å². The highest BCUT2D eigenvalue weighted by atomic mass is 32.1. The second-order valence-corrected chi connectivity index (χ2v) is 9.35. The zero-order valence-electron chi connectivity index (χ0n) is 20.3. The largest absolute Gasteiger partial charge is 0.496 e. The quantitative estimate of drug-likeness (QED) is 0.448. The summed E-state index contributed by atoms with van der Waals surface area (Å²) < 4.78 is 16.3. The number of rotatable bonds is 7. The number of nitrogens with one attached hydrogen (secondary N) is 1. The first-order valence-corrected chi connectivity index (χ1v) is 12.6. The average Bonchev–Trinajstić information content (AvgIpc) is 3.38. The lowest BCUT2D eigenvalue weighted by Gasteiger charge is -2.39. The Bertz CT molecular complexity index is 1200. The van der Waals surface area contributed by atoms with E-state index in [2.05, 4.69) is 5.32 Å². The number of hydrogen-bond donors (Lipinski definition) is 1. The number of carbonyl (C=O) groups excluding carboxylic acids is 3. The Morgan fingerprint density at radius 3 is 2.49 bits per heavy atom. The van der Waals surface area contributed by atoms with Gasteiger partial charge in [0, 0.05) is 27.8 Å². The van der Waals surface area contributed by atoms with Crippen molar-refractivity contribution in [3.8, 4) is 5.75 Å². The molecule has 2 heterocycles. The third-order valence-corrected chi connectivity index (χ3v) is 7.36. The standard InChI is InChI=1S/C27H29NO6S/c1-5-33-26(30)21-15(3)28-18-14-17(16-10-7-8-11-19(16)32-4)22(27(31)34-6-2)25(29)23(18)24(21)20-12-9-13-35-20/h7-13,17,22,24,28H,5-6,14H2,1-4H3/t17-,22+,24-/m1/s1. The highest BCUT2D eigenvalue weighted by molar-refractivity contribution is 7.10. The molecular formula is C27H29NO6S. The molecule has 1 N–H and O–H groups in total. The second-order valence-electron chi connectivity index (χ2n) is 8.37. The van der Waals surface area contributed by atoms with Crippen LogP contribution in [0, 0.1) is 5.92 Å². The summed E-state index contributed by atoms with van der Waals surface area (Å²) in [4.78, 5) is 41.3. The van der Waals surface area contributed by atoms with Crippen LogP contribution in [0.5, 0.6) is 5.75 Å². The van der Waals surface area contributed by atoms with Gasteiger partial charge in [-0.15, -0.1) is 11.3 Å². The lowest BCUT2D eigenvalue weighted by molar-refractivity contribution is -0.152. The van der Waals surface area contributed by atoms with E-state index in [1.807, 2.05) is 48.7 Å². The molecule has 0 fully saturated rings. The summed E-state index contributed by atoms with van der Waals surface area (Å²) in [7, 11) is 1.57. The zero-order valence-corrected chi connectivity index (χ0v) is 21.1. The molecule has 184 valence electrons. The fraction of sp³-hybridized carbons (Fsp3) is 0.370. The lowest BCUT2D eigenvalue weighted by atomic mass is 9.68. The van der Waals surface area contributed by atoms with Gasteiger partial charge in [-0.2, -0.15) is 0 Å². The molecular weight excluding hydrogens is 466 g/mol. The molecule has 0 amide bonds. The number of thiophene rings is 1. The van der Waals surface area contributed by atoms with Crippen molar-refractivity contribution in [1.29, 1.82) is 0 Å². The van der Waals surface area contributed by atoms with Gasteiger partial charge in [-0.05, 0) is 50.3 Å². The number of hydrogen-bond acceptors (Lipinski definition) is 8. The SMILES string of the molecule is CCOC(=O)C1=C(C)NC2=C(C(=O)[C@@H](C(=O)OCC)[C@@H](c3ccccc3OC)C2)[C@@H]1c1cccs1. The maximum atomic E-state index is 14.2. The molecule has 1 aromatic carbocycles. The fourth-order valence-corrected chi connectivity index (χ4v) is 5.86. The van der Waals surface area contributed by atoms with Crippen LogP contribution >= 0.6 is 11.3 Å². The first-order valence-electron chi connectivity index (χ1n) is 11.7. The number of ketones is 1. The summed E-state index contributed by atoms with van der Waals surface area (Å²) in [6, 6.07) is 11.2. The Kier molecular flexibility index (Phi) is 7.40. The molecule has 8 heteroatoms. The second kappa shape index (κ2) is 10.5. The van der Waals surface area contributed by atoms with E-state index < -0.39 is 29.7 Å². The van der Waals surface area contributed by atoms with Gasteiger partial charge in [0.1, 0.15) is 11.7 Å². The Labute approximate surface area is 208 Å². The minimum absolute atomic E-state index is 0.160. The number of Topliss-reactive ketones (excluding diaryl/α,β-unsaturated/α-hetero) is 1. The van der Waals surface area contributed by atoms with E-state index in [1.165, 1.54) is 11.3 Å². The zero-order chi connectivity index (χ0) is 25.1. The maximum absolute atomic E-state index is 14.2. The third-order valence-electron chi connectivity index (χ3n) is 6.42. The maximum Gasteiger partial charge on any atom is 0.336 e. The minimum atomic E-state index is -1.06. The summed E-state index contributed by atoms with van der Waals surface area (Å²) in [5, 5.41) is 5.21. The summed E-state index contributed by atoms with van der Waals surface area (Å²) in [5.41, 5.74) is 2.92. The van der Waals surface area contributed by atoms with Crippen LogP contribution in [0.1, 0.15) is 49.5 Å². The number of ether oxygens (including phenoxy) is 3. The lowest BCUT2D eigenvalue weighted by Crippen LogP contribution is -2.43. The fourth-order valence-electron chi connectivity index (χ4n) is 5.02. The van der Waals surface area contributed by atoms with Gasteiger partial charge in [0.25, 0.3) is 0 Å². The Morgan fingerprint density at radius 2 is 1.83 bits per heavy atom. The van der Waals surface area contributed by atoms with E-state index in [4.69, 9.17) is 14.2 Å². The number of para-hydroxylation sites is 1.